The van der Waals surface area contributed by atoms with Gasteiger partial charge in [-0.05, 0) is 24.1 Å². The number of esters is 1. The van der Waals surface area contributed by atoms with Crippen LogP contribution < -0.4 is 10.6 Å². The molecule has 1 aliphatic heterocycles. The normalized spacial score (nSPS) is 15.4. The molecule has 6 nitrogen and oxygen atoms in total. The summed E-state index contributed by atoms with van der Waals surface area (Å²) in [6.07, 6.45) is -0.277. The molecule has 0 radical (unpaired) electrons. The van der Waals surface area contributed by atoms with Gasteiger partial charge in [-0.2, -0.15) is 0 Å². The molecule has 26 heavy (non-hydrogen) atoms. The Hall–Kier alpha value is -2.86. The Morgan fingerprint density at radius 2 is 1.50 bits per heavy atom. The molecule has 2 aromatic rings. The van der Waals surface area contributed by atoms with E-state index in [1.54, 1.807) is 4.90 Å². The molecule has 0 saturated carbocycles. The molecule has 1 saturated heterocycles. The zero-order valence-corrected chi connectivity index (χ0v) is 14.6. The van der Waals surface area contributed by atoms with Gasteiger partial charge < -0.3 is 20.3 Å². The first-order valence-electron chi connectivity index (χ1n) is 8.73. The Balaban J connectivity index is 1.47. The molecule has 3 rings (SSSR count). The van der Waals surface area contributed by atoms with Crippen LogP contribution in [0.25, 0.3) is 0 Å². The van der Waals surface area contributed by atoms with Crippen LogP contribution in [0.1, 0.15) is 5.56 Å². The van der Waals surface area contributed by atoms with Gasteiger partial charge in [0.1, 0.15) is 6.04 Å². The second-order valence-corrected chi connectivity index (χ2v) is 6.29. The highest BCUT2D eigenvalue weighted by Crippen LogP contribution is 2.16. The number of ether oxygens (including phenoxy) is 1. The third-order valence-corrected chi connectivity index (χ3v) is 4.45. The van der Waals surface area contributed by atoms with E-state index in [1.807, 2.05) is 60.7 Å². The van der Waals surface area contributed by atoms with Crippen molar-refractivity contribution in [2.75, 3.05) is 31.1 Å². The number of nitrogens with zero attached hydrogens (tertiary/aromatic N) is 2. The fourth-order valence-corrected chi connectivity index (χ4v) is 2.96. The average Bonchev–Trinajstić information content (AvgIpc) is 2.69. The van der Waals surface area contributed by atoms with Crippen LogP contribution >= 0.6 is 0 Å². The van der Waals surface area contributed by atoms with E-state index in [0.717, 1.165) is 11.3 Å². The molecule has 136 valence electrons. The Labute approximate surface area is 153 Å². The molecular formula is C20H23N3O3. The molecule has 1 heterocycles. The van der Waals surface area contributed by atoms with Crippen LogP contribution in [0.4, 0.5) is 10.5 Å². The van der Waals surface area contributed by atoms with Crippen molar-refractivity contribution in [1.82, 2.24) is 4.90 Å². The van der Waals surface area contributed by atoms with Gasteiger partial charge in [0, 0.05) is 31.9 Å². The van der Waals surface area contributed by atoms with Gasteiger partial charge in [0.05, 0.1) is 0 Å². The molecule has 0 bridgehead atoms. The number of benzene rings is 2. The van der Waals surface area contributed by atoms with Crippen molar-refractivity contribution in [3.05, 3.63) is 66.2 Å². The average molecular weight is 353 g/mol. The van der Waals surface area contributed by atoms with Crippen LogP contribution in [-0.4, -0.2) is 49.2 Å². The van der Waals surface area contributed by atoms with E-state index in [1.165, 1.54) is 0 Å². The lowest BCUT2D eigenvalue weighted by Crippen LogP contribution is -2.50. The molecule has 6 heteroatoms. The maximum Gasteiger partial charge on any atom is 0.417 e. The van der Waals surface area contributed by atoms with Crippen LogP contribution in [-0.2, 0) is 16.0 Å². The van der Waals surface area contributed by atoms with Crippen LogP contribution in [0, 0.1) is 0 Å². The maximum absolute atomic E-state index is 12.2. The van der Waals surface area contributed by atoms with Crippen molar-refractivity contribution in [1.29, 1.82) is 0 Å². The highest BCUT2D eigenvalue weighted by Gasteiger charge is 2.26. The summed E-state index contributed by atoms with van der Waals surface area (Å²) in [5, 5.41) is 0. The molecule has 1 atom stereocenters. The second-order valence-electron chi connectivity index (χ2n) is 6.29. The third-order valence-electron chi connectivity index (χ3n) is 4.45. The number of amides is 1. The summed E-state index contributed by atoms with van der Waals surface area (Å²) in [5.41, 5.74) is 7.93. The number of hydrogen-bond acceptors (Lipinski definition) is 5. The van der Waals surface area contributed by atoms with E-state index in [9.17, 15) is 9.59 Å². The van der Waals surface area contributed by atoms with Crippen molar-refractivity contribution in [2.24, 2.45) is 5.73 Å². The van der Waals surface area contributed by atoms with Crippen LogP contribution in [0.15, 0.2) is 60.7 Å². The van der Waals surface area contributed by atoms with E-state index < -0.39 is 18.1 Å². The summed E-state index contributed by atoms with van der Waals surface area (Å²) in [7, 11) is 0. The van der Waals surface area contributed by atoms with Crippen molar-refractivity contribution < 1.29 is 14.3 Å². The van der Waals surface area contributed by atoms with Gasteiger partial charge in [-0.25, -0.2) is 9.59 Å². The molecule has 2 N–H and O–H groups in total. The maximum atomic E-state index is 12.2. The van der Waals surface area contributed by atoms with Crippen LogP contribution in [0.3, 0.4) is 0 Å². The van der Waals surface area contributed by atoms with Gasteiger partial charge in [-0.3, -0.25) is 0 Å². The Kier molecular flexibility index (Phi) is 5.86. The van der Waals surface area contributed by atoms with E-state index in [4.69, 9.17) is 10.5 Å². The number of rotatable bonds is 4. The smallest absolute Gasteiger partial charge is 0.375 e. The van der Waals surface area contributed by atoms with Crippen LogP contribution in [0.2, 0.25) is 0 Å². The van der Waals surface area contributed by atoms with E-state index in [2.05, 4.69) is 4.90 Å². The molecule has 0 aliphatic carbocycles. The molecule has 1 aliphatic rings. The first-order valence-corrected chi connectivity index (χ1v) is 8.73. The van der Waals surface area contributed by atoms with Gasteiger partial charge in [0.2, 0.25) is 0 Å². The van der Waals surface area contributed by atoms with Crippen molar-refractivity contribution in [2.45, 2.75) is 12.5 Å². The fraction of sp³-hybridized carbons (Fsp3) is 0.300. The molecule has 0 spiro atoms. The second kappa shape index (κ2) is 8.49. The van der Waals surface area contributed by atoms with Gasteiger partial charge in [0.15, 0.2) is 0 Å². The molecule has 2 aromatic carbocycles. The summed E-state index contributed by atoms with van der Waals surface area (Å²) in [5.74, 6) is -0.690. The number of nitrogens with two attached hydrogens (primary N) is 1. The van der Waals surface area contributed by atoms with Gasteiger partial charge >= 0.3 is 12.1 Å². The molecule has 0 aromatic heterocycles. The number of carbonyl (C=O) groups excluding carboxylic acids is 2. The summed E-state index contributed by atoms with van der Waals surface area (Å²) < 4.78 is 4.97. The predicted octanol–water partition coefficient (Wildman–Crippen LogP) is 2.04. The molecule has 1 amide bonds. The molecule has 0 unspecified atom stereocenters. The number of hydrogen-bond donors (Lipinski definition) is 1. The van der Waals surface area contributed by atoms with E-state index in [0.29, 0.717) is 32.6 Å². The van der Waals surface area contributed by atoms with E-state index in [-0.39, 0.29) is 0 Å². The predicted molar refractivity (Wildman–Crippen MR) is 99.8 cm³/mol. The number of para-hydroxylation sites is 1. The fourth-order valence-electron chi connectivity index (χ4n) is 2.96. The monoisotopic (exact) mass is 353 g/mol. The largest absolute Gasteiger partial charge is 0.417 e. The quantitative estimate of drug-likeness (QED) is 0.672. The minimum atomic E-state index is -0.855. The molecular weight excluding hydrogens is 330 g/mol. The lowest BCUT2D eigenvalue weighted by molar-refractivity contribution is -0.139. The Morgan fingerprint density at radius 3 is 2.12 bits per heavy atom. The lowest BCUT2D eigenvalue weighted by atomic mass is 10.1. The van der Waals surface area contributed by atoms with Crippen molar-refractivity contribution >= 4 is 17.7 Å². The third kappa shape index (κ3) is 4.61. The number of anilines is 1. The number of piperazine rings is 1. The lowest BCUT2D eigenvalue weighted by Gasteiger charge is -2.35. The van der Waals surface area contributed by atoms with E-state index >= 15 is 0 Å². The van der Waals surface area contributed by atoms with Gasteiger partial charge in [0.25, 0.3) is 0 Å². The topological polar surface area (TPSA) is 75.9 Å². The summed E-state index contributed by atoms with van der Waals surface area (Å²) in [6.45, 7) is 2.41. The Bertz CT molecular complexity index is 728. The first kappa shape index (κ1) is 17.9. The standard InChI is InChI=1S/C20H23N3O3/c21-18(15-16-7-3-1-4-8-16)19(24)26-20(25)23-13-11-22(12-14-23)17-9-5-2-6-10-17/h1-10,18H,11-15,21H2/t18-/m0/s1. The summed E-state index contributed by atoms with van der Waals surface area (Å²) in [4.78, 5) is 28.0. The Morgan fingerprint density at radius 1 is 0.923 bits per heavy atom. The minimum Gasteiger partial charge on any atom is -0.375 e. The molecule has 1 fully saturated rings. The van der Waals surface area contributed by atoms with Crippen molar-refractivity contribution in [3.8, 4) is 0 Å². The summed E-state index contributed by atoms with van der Waals surface area (Å²) in [6, 6.07) is 18.6. The van der Waals surface area contributed by atoms with Gasteiger partial charge in [-0.15, -0.1) is 0 Å². The SMILES string of the molecule is N[C@@H](Cc1ccccc1)C(=O)OC(=O)N1CCN(c2ccccc2)CC1. The minimum absolute atomic E-state index is 0.342. The first-order chi connectivity index (χ1) is 12.6. The van der Waals surface area contributed by atoms with Crippen LogP contribution in [0.5, 0.6) is 0 Å². The van der Waals surface area contributed by atoms with Crippen molar-refractivity contribution in [3.63, 3.8) is 0 Å². The summed E-state index contributed by atoms with van der Waals surface area (Å²) >= 11 is 0. The zero-order chi connectivity index (χ0) is 18.4. The zero-order valence-electron chi connectivity index (χ0n) is 14.6. The van der Waals surface area contributed by atoms with Gasteiger partial charge in [-0.1, -0.05) is 48.5 Å². The highest BCUT2D eigenvalue weighted by atomic mass is 16.6. The highest BCUT2D eigenvalue weighted by molar-refractivity contribution is 5.87. The number of carbonyl (C=O) groups is 2.